The number of nitrogens with zero attached hydrogens (tertiary/aromatic N) is 3. The van der Waals surface area contributed by atoms with E-state index < -0.39 is 5.92 Å². The monoisotopic (exact) mass is 473 g/mol. The van der Waals surface area contributed by atoms with Crippen LogP contribution in [0.1, 0.15) is 17.7 Å². The highest BCUT2D eigenvalue weighted by atomic mass is 32.2. The molecule has 2 aromatic rings. The topological polar surface area (TPSA) is 115 Å². The van der Waals surface area contributed by atoms with Crippen molar-refractivity contribution in [3.8, 4) is 5.75 Å². The van der Waals surface area contributed by atoms with Gasteiger partial charge >= 0.3 is 0 Å². The fourth-order valence-electron chi connectivity index (χ4n) is 3.93. The molecule has 1 aromatic carbocycles. The first-order valence-corrected chi connectivity index (χ1v) is 11.8. The summed E-state index contributed by atoms with van der Waals surface area (Å²) in [5, 5.41) is 10.3. The van der Waals surface area contributed by atoms with Crippen LogP contribution in [0.5, 0.6) is 5.75 Å². The van der Waals surface area contributed by atoms with E-state index in [0.717, 1.165) is 22.8 Å². The number of anilines is 2. The van der Waals surface area contributed by atoms with Gasteiger partial charge in [-0.1, -0.05) is 6.07 Å². The van der Waals surface area contributed by atoms with E-state index >= 15 is 0 Å². The third-order valence-corrected chi connectivity index (χ3v) is 6.61. The van der Waals surface area contributed by atoms with Gasteiger partial charge in [-0.15, -0.1) is 0 Å². The van der Waals surface area contributed by atoms with Crippen molar-refractivity contribution < 1.29 is 23.9 Å². The maximum absolute atomic E-state index is 13.1. The van der Waals surface area contributed by atoms with Crippen LogP contribution in [0.25, 0.3) is 0 Å². The van der Waals surface area contributed by atoms with Crippen LogP contribution in [-0.4, -0.2) is 61.4 Å². The van der Waals surface area contributed by atoms with E-state index in [1.807, 2.05) is 12.1 Å². The van der Waals surface area contributed by atoms with Crippen molar-refractivity contribution in [1.29, 1.82) is 0 Å². The molecule has 2 aliphatic heterocycles. The van der Waals surface area contributed by atoms with Crippen LogP contribution < -0.4 is 20.3 Å². The number of aromatic nitrogens is 2. The van der Waals surface area contributed by atoms with E-state index in [1.54, 1.807) is 47.7 Å². The van der Waals surface area contributed by atoms with E-state index in [-0.39, 0.29) is 37.2 Å². The molecule has 0 aliphatic carbocycles. The SMILES string of the molecule is COCCNC(=O)Cn1nc2c(c1NC(=O)C1CC(=O)N(c3cccc(OC)c3)C1)CSC2. The number of amides is 3. The third kappa shape index (κ3) is 5.14. The number of hydrogen-bond acceptors (Lipinski definition) is 7. The summed E-state index contributed by atoms with van der Waals surface area (Å²) >= 11 is 1.71. The van der Waals surface area contributed by atoms with Gasteiger partial charge in [-0.05, 0) is 12.1 Å². The molecule has 1 aromatic heterocycles. The first-order valence-electron chi connectivity index (χ1n) is 10.7. The van der Waals surface area contributed by atoms with E-state index in [4.69, 9.17) is 9.47 Å². The number of ether oxygens (including phenoxy) is 2. The molecule has 1 fully saturated rings. The zero-order valence-corrected chi connectivity index (χ0v) is 19.4. The number of carbonyl (C=O) groups excluding carboxylic acids is 3. The summed E-state index contributed by atoms with van der Waals surface area (Å²) in [5.41, 5.74) is 2.51. The second-order valence-corrected chi connectivity index (χ2v) is 8.85. The van der Waals surface area contributed by atoms with Gasteiger partial charge in [-0.25, -0.2) is 4.68 Å². The van der Waals surface area contributed by atoms with Crippen molar-refractivity contribution in [1.82, 2.24) is 15.1 Å². The van der Waals surface area contributed by atoms with Crippen molar-refractivity contribution in [3.63, 3.8) is 0 Å². The van der Waals surface area contributed by atoms with E-state index in [1.165, 1.54) is 0 Å². The van der Waals surface area contributed by atoms with Crippen molar-refractivity contribution in [2.45, 2.75) is 24.5 Å². The predicted molar refractivity (Wildman–Crippen MR) is 124 cm³/mol. The molecule has 2 aliphatic rings. The summed E-state index contributed by atoms with van der Waals surface area (Å²) in [6.45, 7) is 1.09. The van der Waals surface area contributed by atoms with Gasteiger partial charge in [0, 0.05) is 55.4 Å². The number of nitrogens with one attached hydrogen (secondary N) is 2. The molecular formula is C22H27N5O5S. The minimum atomic E-state index is -0.507. The van der Waals surface area contributed by atoms with Crippen LogP contribution >= 0.6 is 11.8 Å². The number of carbonyl (C=O) groups is 3. The molecule has 0 bridgehead atoms. The third-order valence-electron chi connectivity index (χ3n) is 5.64. The molecular weight excluding hydrogens is 446 g/mol. The molecule has 0 saturated carbocycles. The first-order chi connectivity index (χ1) is 16.0. The largest absolute Gasteiger partial charge is 0.497 e. The Bertz CT molecular complexity index is 1060. The number of fused-ring (bicyclic) bond motifs is 1. The van der Waals surface area contributed by atoms with Gasteiger partial charge in [0.1, 0.15) is 18.1 Å². The zero-order chi connectivity index (χ0) is 23.4. The van der Waals surface area contributed by atoms with Crippen molar-refractivity contribution >= 4 is 41.0 Å². The lowest BCUT2D eigenvalue weighted by atomic mass is 10.1. The number of hydrogen-bond donors (Lipinski definition) is 2. The van der Waals surface area contributed by atoms with Gasteiger partial charge in [0.25, 0.3) is 0 Å². The van der Waals surface area contributed by atoms with Gasteiger partial charge < -0.3 is 25.0 Å². The minimum Gasteiger partial charge on any atom is -0.497 e. The van der Waals surface area contributed by atoms with Crippen molar-refractivity contribution in [2.24, 2.45) is 5.92 Å². The highest BCUT2D eigenvalue weighted by Crippen LogP contribution is 2.35. The molecule has 176 valence electrons. The van der Waals surface area contributed by atoms with Crippen LogP contribution in [-0.2, 0) is 37.2 Å². The number of thioether (sulfide) groups is 1. The van der Waals surface area contributed by atoms with Gasteiger partial charge in [-0.2, -0.15) is 16.9 Å². The fraction of sp³-hybridized carbons (Fsp3) is 0.455. The molecule has 2 N–H and O–H groups in total. The maximum Gasteiger partial charge on any atom is 0.241 e. The minimum absolute atomic E-state index is 0.00345. The molecule has 33 heavy (non-hydrogen) atoms. The quantitative estimate of drug-likeness (QED) is 0.529. The molecule has 11 heteroatoms. The standard InChI is InChI=1S/C22H27N5O5S/c1-31-7-6-23-19(28)11-27-21(17-12-33-13-18(17)25-27)24-22(30)14-8-20(29)26(10-14)15-4-3-5-16(9-15)32-2/h3-5,9,14H,6-8,10-13H2,1-2H3,(H,23,28)(H,24,30). The molecule has 1 atom stereocenters. The van der Waals surface area contributed by atoms with Crippen LogP contribution in [0.3, 0.4) is 0 Å². The van der Waals surface area contributed by atoms with Crippen LogP contribution in [0.4, 0.5) is 11.5 Å². The highest BCUT2D eigenvalue weighted by molar-refractivity contribution is 7.98. The molecule has 1 saturated heterocycles. The smallest absolute Gasteiger partial charge is 0.241 e. The molecule has 0 spiro atoms. The molecule has 10 nitrogen and oxygen atoms in total. The normalized spacial score (nSPS) is 17.2. The van der Waals surface area contributed by atoms with E-state index in [9.17, 15) is 14.4 Å². The van der Waals surface area contributed by atoms with Crippen LogP contribution in [0.15, 0.2) is 24.3 Å². The summed E-state index contributed by atoms with van der Waals surface area (Å²) < 4.78 is 11.7. The lowest BCUT2D eigenvalue weighted by Crippen LogP contribution is -2.32. The molecule has 0 radical (unpaired) electrons. The summed E-state index contributed by atoms with van der Waals surface area (Å²) in [6.07, 6.45) is 0.117. The van der Waals surface area contributed by atoms with Gasteiger partial charge in [0.15, 0.2) is 0 Å². The summed E-state index contributed by atoms with van der Waals surface area (Å²) in [6, 6.07) is 7.22. The summed E-state index contributed by atoms with van der Waals surface area (Å²) in [4.78, 5) is 39.7. The number of rotatable bonds is 9. The second-order valence-electron chi connectivity index (χ2n) is 7.86. The Hall–Kier alpha value is -3.05. The highest BCUT2D eigenvalue weighted by Gasteiger charge is 2.36. The average Bonchev–Trinajstić information content (AvgIpc) is 3.50. The zero-order valence-electron chi connectivity index (χ0n) is 18.6. The average molecular weight is 474 g/mol. The Kier molecular flexibility index (Phi) is 7.19. The number of methoxy groups -OCH3 is 2. The van der Waals surface area contributed by atoms with Gasteiger partial charge in [0.05, 0.1) is 25.3 Å². The summed E-state index contributed by atoms with van der Waals surface area (Å²) in [5.74, 6) is 1.55. The van der Waals surface area contributed by atoms with Gasteiger partial charge in [0.2, 0.25) is 17.7 Å². The summed E-state index contributed by atoms with van der Waals surface area (Å²) in [7, 11) is 3.14. The molecule has 3 amide bonds. The Labute approximate surface area is 196 Å². The van der Waals surface area contributed by atoms with Crippen LogP contribution in [0, 0.1) is 5.92 Å². The molecule has 3 heterocycles. The Morgan fingerprint density at radius 2 is 2.12 bits per heavy atom. The Morgan fingerprint density at radius 3 is 2.91 bits per heavy atom. The molecule has 4 rings (SSSR count). The maximum atomic E-state index is 13.1. The van der Waals surface area contributed by atoms with E-state index in [0.29, 0.717) is 30.4 Å². The van der Waals surface area contributed by atoms with E-state index in [2.05, 4.69) is 15.7 Å². The lowest BCUT2D eigenvalue weighted by Gasteiger charge is -2.18. The van der Waals surface area contributed by atoms with Crippen molar-refractivity contribution in [2.75, 3.05) is 44.1 Å². The lowest BCUT2D eigenvalue weighted by molar-refractivity contribution is -0.122. The van der Waals surface area contributed by atoms with Crippen LogP contribution in [0.2, 0.25) is 0 Å². The first kappa shape index (κ1) is 23.1. The second kappa shape index (κ2) is 10.3. The van der Waals surface area contributed by atoms with Crippen molar-refractivity contribution in [3.05, 3.63) is 35.5 Å². The fourth-order valence-corrected chi connectivity index (χ4v) is 4.97. The van der Waals surface area contributed by atoms with Gasteiger partial charge in [-0.3, -0.25) is 14.4 Å². The number of benzene rings is 1. The Balaban J connectivity index is 1.46. The molecule has 1 unspecified atom stereocenters. The Morgan fingerprint density at radius 1 is 1.27 bits per heavy atom. The predicted octanol–water partition coefficient (Wildman–Crippen LogP) is 1.39.